The summed E-state index contributed by atoms with van der Waals surface area (Å²) in [4.78, 5) is 20.7. The van der Waals surface area contributed by atoms with Gasteiger partial charge < -0.3 is 10.4 Å². The van der Waals surface area contributed by atoms with Crippen molar-refractivity contribution in [1.82, 2.24) is 15.3 Å². The van der Waals surface area contributed by atoms with Crippen molar-refractivity contribution < 1.29 is 14.3 Å². The van der Waals surface area contributed by atoms with Gasteiger partial charge in [0.05, 0.1) is 5.60 Å². The van der Waals surface area contributed by atoms with Crippen molar-refractivity contribution in [2.24, 2.45) is 5.92 Å². The quantitative estimate of drug-likeness (QED) is 0.887. The number of amides is 1. The van der Waals surface area contributed by atoms with Crippen LogP contribution in [0.4, 0.5) is 4.39 Å². The minimum atomic E-state index is -0.909. The first-order valence-electron chi connectivity index (χ1n) is 7.55. The highest BCUT2D eigenvalue weighted by molar-refractivity contribution is 5.97. The van der Waals surface area contributed by atoms with Crippen molar-refractivity contribution in [1.29, 1.82) is 0 Å². The van der Waals surface area contributed by atoms with Gasteiger partial charge in [0.2, 0.25) is 0 Å². The number of carbonyl (C=O) groups is 1. The molecule has 6 heteroatoms. The molecular formula is C17H18FN3O2. The van der Waals surface area contributed by atoms with Crippen LogP contribution in [0.5, 0.6) is 0 Å². The highest BCUT2D eigenvalue weighted by Crippen LogP contribution is 2.39. The fourth-order valence-electron chi connectivity index (χ4n) is 2.52. The number of aromatic nitrogens is 2. The Morgan fingerprint density at radius 3 is 2.61 bits per heavy atom. The summed E-state index contributed by atoms with van der Waals surface area (Å²) in [6, 6.07) is 5.72. The summed E-state index contributed by atoms with van der Waals surface area (Å²) < 4.78 is 13.1. The Bertz CT molecular complexity index is 712. The average Bonchev–Trinajstić information content (AvgIpc) is 3.39. The molecule has 1 aromatic heterocycles. The van der Waals surface area contributed by atoms with Gasteiger partial charge in [0.1, 0.15) is 11.5 Å². The van der Waals surface area contributed by atoms with Crippen LogP contribution < -0.4 is 5.32 Å². The van der Waals surface area contributed by atoms with Gasteiger partial charge >= 0.3 is 0 Å². The molecule has 1 unspecified atom stereocenters. The molecule has 2 aromatic rings. The summed E-state index contributed by atoms with van der Waals surface area (Å²) in [5.41, 5.74) is 0.244. The first kappa shape index (κ1) is 15.6. The minimum Gasteiger partial charge on any atom is -0.388 e. The summed E-state index contributed by atoms with van der Waals surface area (Å²) in [5, 5.41) is 13.0. The summed E-state index contributed by atoms with van der Waals surface area (Å²) in [6.07, 6.45) is 4.88. The molecule has 1 fully saturated rings. The molecule has 23 heavy (non-hydrogen) atoms. The highest BCUT2D eigenvalue weighted by Gasteiger charge is 2.40. The Balaban J connectivity index is 1.79. The smallest absolute Gasteiger partial charge is 0.272 e. The fraction of sp³-hybridized carbons (Fsp3) is 0.353. The second kappa shape index (κ2) is 6.04. The molecule has 0 saturated heterocycles. The zero-order valence-electron chi connectivity index (χ0n) is 12.8. The number of nitrogens with zero attached hydrogens (tertiary/aromatic N) is 2. The largest absolute Gasteiger partial charge is 0.388 e. The molecule has 0 aliphatic heterocycles. The van der Waals surface area contributed by atoms with Gasteiger partial charge in [-0.15, -0.1) is 0 Å². The van der Waals surface area contributed by atoms with Crippen molar-refractivity contribution >= 4 is 5.91 Å². The molecule has 1 aromatic carbocycles. The molecule has 5 nitrogen and oxygen atoms in total. The third-order valence-electron chi connectivity index (χ3n) is 4.09. The molecule has 1 atom stereocenters. The molecule has 1 saturated carbocycles. The zero-order valence-corrected chi connectivity index (χ0v) is 12.8. The molecule has 0 radical (unpaired) electrons. The topological polar surface area (TPSA) is 75.1 Å². The van der Waals surface area contributed by atoms with Gasteiger partial charge in [-0.05, 0) is 49.9 Å². The van der Waals surface area contributed by atoms with E-state index in [2.05, 4.69) is 15.3 Å². The lowest BCUT2D eigenvalue weighted by Crippen LogP contribution is -2.42. The van der Waals surface area contributed by atoms with E-state index in [-0.39, 0.29) is 24.0 Å². The van der Waals surface area contributed by atoms with Gasteiger partial charge in [0.15, 0.2) is 5.69 Å². The van der Waals surface area contributed by atoms with E-state index in [0.29, 0.717) is 11.3 Å². The molecule has 1 amide bonds. The van der Waals surface area contributed by atoms with E-state index in [1.807, 2.05) is 0 Å². The van der Waals surface area contributed by atoms with Crippen molar-refractivity contribution in [2.45, 2.75) is 25.4 Å². The number of rotatable bonds is 5. The second-order valence-corrected chi connectivity index (χ2v) is 6.07. The maximum absolute atomic E-state index is 13.1. The van der Waals surface area contributed by atoms with Crippen molar-refractivity contribution in [3.8, 4) is 11.3 Å². The van der Waals surface area contributed by atoms with Gasteiger partial charge in [0, 0.05) is 24.5 Å². The lowest BCUT2D eigenvalue weighted by molar-refractivity contribution is 0.0353. The standard InChI is InChI=1S/C17H18FN3O2/c1-17(23,12-4-5-12)10-21-16(22)15-14(19-8-9-20-15)11-2-6-13(18)7-3-11/h2-3,6-9,12,23H,4-5,10H2,1H3,(H,21,22). The molecule has 1 aliphatic carbocycles. The number of hydrogen-bond donors (Lipinski definition) is 2. The molecule has 120 valence electrons. The van der Waals surface area contributed by atoms with E-state index >= 15 is 0 Å². The number of hydrogen-bond acceptors (Lipinski definition) is 4. The van der Waals surface area contributed by atoms with Gasteiger partial charge in [0.25, 0.3) is 5.91 Å². The van der Waals surface area contributed by atoms with Crippen LogP contribution in [0.2, 0.25) is 0 Å². The van der Waals surface area contributed by atoms with Gasteiger partial charge in [-0.3, -0.25) is 9.78 Å². The van der Waals surface area contributed by atoms with Crippen molar-refractivity contribution in [3.05, 3.63) is 48.2 Å². The zero-order chi connectivity index (χ0) is 16.4. The summed E-state index contributed by atoms with van der Waals surface area (Å²) in [5.74, 6) is -0.524. The SMILES string of the molecule is CC(O)(CNC(=O)c1nccnc1-c1ccc(F)cc1)C1CC1. The first-order valence-corrected chi connectivity index (χ1v) is 7.55. The summed E-state index contributed by atoms with van der Waals surface area (Å²) in [6.45, 7) is 1.89. The number of halogens is 1. The maximum atomic E-state index is 13.1. The first-order chi connectivity index (χ1) is 11.0. The minimum absolute atomic E-state index is 0.158. The molecule has 2 N–H and O–H groups in total. The number of carbonyl (C=O) groups excluding carboxylic acids is 1. The fourth-order valence-corrected chi connectivity index (χ4v) is 2.52. The Labute approximate surface area is 133 Å². The Morgan fingerprint density at radius 2 is 1.96 bits per heavy atom. The third kappa shape index (κ3) is 3.53. The predicted molar refractivity (Wildman–Crippen MR) is 83.1 cm³/mol. The number of benzene rings is 1. The van der Waals surface area contributed by atoms with Crippen LogP contribution in [-0.4, -0.2) is 33.1 Å². The lowest BCUT2D eigenvalue weighted by Gasteiger charge is -2.23. The van der Waals surface area contributed by atoms with Crippen LogP contribution in [0.25, 0.3) is 11.3 Å². The van der Waals surface area contributed by atoms with Crippen molar-refractivity contribution in [2.75, 3.05) is 6.54 Å². The second-order valence-electron chi connectivity index (χ2n) is 6.07. The van der Waals surface area contributed by atoms with Gasteiger partial charge in [-0.25, -0.2) is 9.37 Å². The molecule has 1 heterocycles. The Hall–Kier alpha value is -2.34. The van der Waals surface area contributed by atoms with Crippen LogP contribution in [0.1, 0.15) is 30.3 Å². The van der Waals surface area contributed by atoms with E-state index < -0.39 is 11.5 Å². The third-order valence-corrected chi connectivity index (χ3v) is 4.09. The summed E-state index contributed by atoms with van der Waals surface area (Å²) in [7, 11) is 0. The molecule has 3 rings (SSSR count). The van der Waals surface area contributed by atoms with Crippen LogP contribution in [-0.2, 0) is 0 Å². The number of nitrogens with one attached hydrogen (secondary N) is 1. The maximum Gasteiger partial charge on any atom is 0.272 e. The van der Waals surface area contributed by atoms with Gasteiger partial charge in [-0.1, -0.05) is 0 Å². The Morgan fingerprint density at radius 1 is 1.30 bits per heavy atom. The predicted octanol–water partition coefficient (Wildman–Crippen LogP) is 2.17. The molecule has 0 bridgehead atoms. The van der Waals surface area contributed by atoms with Crippen molar-refractivity contribution in [3.63, 3.8) is 0 Å². The van der Waals surface area contributed by atoms with E-state index in [1.54, 1.807) is 19.1 Å². The lowest BCUT2D eigenvalue weighted by atomic mass is 10.0. The van der Waals surface area contributed by atoms with E-state index in [9.17, 15) is 14.3 Å². The van der Waals surface area contributed by atoms with Crippen LogP contribution in [0, 0.1) is 11.7 Å². The summed E-state index contributed by atoms with van der Waals surface area (Å²) >= 11 is 0. The highest BCUT2D eigenvalue weighted by atomic mass is 19.1. The molecular weight excluding hydrogens is 297 g/mol. The normalized spacial score (nSPS) is 16.7. The van der Waals surface area contributed by atoms with Crippen LogP contribution >= 0.6 is 0 Å². The number of aliphatic hydroxyl groups is 1. The Kier molecular flexibility index (Phi) is 4.09. The molecule has 1 aliphatic rings. The van der Waals surface area contributed by atoms with E-state index in [1.165, 1.54) is 24.5 Å². The van der Waals surface area contributed by atoms with Crippen LogP contribution in [0.3, 0.4) is 0 Å². The average molecular weight is 315 g/mol. The van der Waals surface area contributed by atoms with E-state index in [0.717, 1.165) is 12.8 Å². The monoisotopic (exact) mass is 315 g/mol. The van der Waals surface area contributed by atoms with Crippen LogP contribution in [0.15, 0.2) is 36.7 Å². The molecule has 0 spiro atoms. The van der Waals surface area contributed by atoms with E-state index in [4.69, 9.17) is 0 Å². The van der Waals surface area contributed by atoms with Gasteiger partial charge in [-0.2, -0.15) is 0 Å².